The van der Waals surface area contributed by atoms with Gasteiger partial charge < -0.3 is 9.47 Å². The number of carbonyl (C=O) groups excluding carboxylic acids is 2. The molecule has 0 saturated carbocycles. The molecule has 2 aromatic carbocycles. The summed E-state index contributed by atoms with van der Waals surface area (Å²) >= 11 is 3.13. The van der Waals surface area contributed by atoms with Crippen molar-refractivity contribution < 1.29 is 32.2 Å². The summed E-state index contributed by atoms with van der Waals surface area (Å²) in [5, 5.41) is 2.35. The van der Waals surface area contributed by atoms with Crippen LogP contribution in [0.1, 0.15) is 18.2 Å². The Morgan fingerprint density at radius 3 is 2.47 bits per heavy atom. The highest BCUT2D eigenvalue weighted by atomic mass is 79.9. The van der Waals surface area contributed by atoms with Gasteiger partial charge in [0.15, 0.2) is 12.4 Å². The first-order chi connectivity index (χ1) is 16.1. The van der Waals surface area contributed by atoms with Crippen molar-refractivity contribution >= 4 is 33.5 Å². The molecular formula is C23H18BrF3N2O5. The fourth-order valence-electron chi connectivity index (χ4n) is 2.96. The van der Waals surface area contributed by atoms with E-state index in [-0.39, 0.29) is 45.2 Å². The normalized spacial score (nSPS) is 10.6. The van der Waals surface area contributed by atoms with Crippen LogP contribution in [0.3, 0.4) is 0 Å². The van der Waals surface area contributed by atoms with Gasteiger partial charge in [-0.2, -0.15) is 0 Å². The molecule has 0 saturated heterocycles. The first-order valence-corrected chi connectivity index (χ1v) is 10.6. The summed E-state index contributed by atoms with van der Waals surface area (Å²) in [6.45, 7) is 2.08. The van der Waals surface area contributed by atoms with Gasteiger partial charge in [0.2, 0.25) is 0 Å². The van der Waals surface area contributed by atoms with Crippen LogP contribution in [0.5, 0.6) is 5.75 Å². The van der Waals surface area contributed by atoms with E-state index in [0.717, 1.165) is 22.8 Å². The number of halogens is 4. The second-order valence-corrected chi connectivity index (χ2v) is 7.99. The minimum absolute atomic E-state index is 0.0562. The second-order valence-electron chi connectivity index (χ2n) is 7.20. The quantitative estimate of drug-likeness (QED) is 0.455. The van der Waals surface area contributed by atoms with Gasteiger partial charge in [0.05, 0.1) is 5.69 Å². The second kappa shape index (κ2) is 10.6. The van der Waals surface area contributed by atoms with Crippen molar-refractivity contribution in [2.24, 2.45) is 0 Å². The van der Waals surface area contributed by atoms with E-state index in [1.165, 1.54) is 38.1 Å². The number of hydrogen-bond acceptors (Lipinski definition) is 5. The van der Waals surface area contributed by atoms with Gasteiger partial charge in [0, 0.05) is 29.1 Å². The lowest BCUT2D eigenvalue weighted by atomic mass is 10.2. The fraction of sp³-hybridized carbons (Fsp3) is 0.174. The largest absolute Gasteiger partial charge is 0.487 e. The summed E-state index contributed by atoms with van der Waals surface area (Å²) in [7, 11) is 0. The zero-order valence-electron chi connectivity index (χ0n) is 18.0. The highest BCUT2D eigenvalue weighted by molar-refractivity contribution is 9.10. The number of aromatic nitrogens is 1. The molecule has 3 aromatic rings. The number of nitrogens with one attached hydrogen (secondary N) is 1. The molecule has 0 bridgehead atoms. The number of pyridine rings is 1. The third-order valence-corrected chi connectivity index (χ3v) is 5.27. The Kier molecular flexibility index (Phi) is 7.77. The van der Waals surface area contributed by atoms with Crippen LogP contribution in [0, 0.1) is 24.4 Å². The number of nitrogens with zero attached hydrogens (tertiary/aromatic N) is 1. The summed E-state index contributed by atoms with van der Waals surface area (Å²) in [6.07, 6.45) is -0.921. The van der Waals surface area contributed by atoms with E-state index in [4.69, 9.17) is 9.47 Å². The molecule has 0 aliphatic carbocycles. The molecule has 1 aromatic heterocycles. The zero-order chi connectivity index (χ0) is 25.0. The van der Waals surface area contributed by atoms with Crippen LogP contribution in [-0.2, 0) is 16.1 Å². The van der Waals surface area contributed by atoms with Crippen molar-refractivity contribution in [2.45, 2.75) is 20.5 Å². The van der Waals surface area contributed by atoms with Gasteiger partial charge in [0.25, 0.3) is 5.56 Å². The van der Waals surface area contributed by atoms with Crippen LogP contribution in [0.4, 0.5) is 23.7 Å². The van der Waals surface area contributed by atoms with Crippen molar-refractivity contribution in [3.8, 4) is 11.4 Å². The summed E-state index contributed by atoms with van der Waals surface area (Å²) in [4.78, 5) is 35.7. The SMILES string of the molecule is CC(=O)COC(=O)Nc1ccc(F)c(-n2c(C)cc(OCc3ccc(F)cc3F)c(Br)c2=O)c1. The molecular weight excluding hydrogens is 521 g/mol. The van der Waals surface area contributed by atoms with E-state index in [1.54, 1.807) is 0 Å². The van der Waals surface area contributed by atoms with E-state index in [9.17, 15) is 27.6 Å². The maximum absolute atomic E-state index is 14.6. The van der Waals surface area contributed by atoms with Crippen LogP contribution in [0.25, 0.3) is 5.69 Å². The number of rotatable bonds is 7. The maximum atomic E-state index is 14.6. The van der Waals surface area contributed by atoms with Gasteiger partial charge in [-0.1, -0.05) is 0 Å². The van der Waals surface area contributed by atoms with Crippen molar-refractivity contribution in [3.63, 3.8) is 0 Å². The smallest absolute Gasteiger partial charge is 0.412 e. The summed E-state index contributed by atoms with van der Waals surface area (Å²) in [5.41, 5.74) is -0.359. The summed E-state index contributed by atoms with van der Waals surface area (Å²) < 4.78 is 52.8. The van der Waals surface area contributed by atoms with Gasteiger partial charge >= 0.3 is 6.09 Å². The topological polar surface area (TPSA) is 86.6 Å². The van der Waals surface area contributed by atoms with Gasteiger partial charge in [-0.15, -0.1) is 0 Å². The standard InChI is InChI=1S/C23H18BrF3N2O5/c1-12-7-20(33-11-14-3-4-15(25)8-18(14)27)21(24)22(31)29(12)19-9-16(5-6-17(19)26)28-23(32)34-10-13(2)30/h3-9H,10-11H2,1-2H3,(H,28,32). The summed E-state index contributed by atoms with van der Waals surface area (Å²) in [5.74, 6) is -2.56. The molecule has 3 rings (SSSR count). The predicted octanol–water partition coefficient (Wildman–Crippen LogP) is 5.04. The molecule has 0 fully saturated rings. The van der Waals surface area contributed by atoms with Crippen LogP contribution >= 0.6 is 15.9 Å². The van der Waals surface area contributed by atoms with Crippen LogP contribution in [0.15, 0.2) is 51.7 Å². The number of ether oxygens (including phenoxy) is 2. The Bertz CT molecular complexity index is 1330. The number of ketones is 1. The predicted molar refractivity (Wildman–Crippen MR) is 121 cm³/mol. The lowest BCUT2D eigenvalue weighted by Gasteiger charge is -2.16. The Morgan fingerprint density at radius 1 is 1.06 bits per heavy atom. The van der Waals surface area contributed by atoms with Crippen LogP contribution < -0.4 is 15.6 Å². The third kappa shape index (κ3) is 5.84. The molecule has 0 radical (unpaired) electrons. The fourth-order valence-corrected chi connectivity index (χ4v) is 3.37. The van der Waals surface area contributed by atoms with Gasteiger partial charge in [-0.05, 0) is 60.1 Å². The number of hydrogen-bond donors (Lipinski definition) is 1. The molecule has 0 spiro atoms. The Balaban J connectivity index is 1.89. The molecule has 7 nitrogen and oxygen atoms in total. The minimum atomic E-state index is -0.921. The lowest BCUT2D eigenvalue weighted by molar-refractivity contribution is -0.119. The Morgan fingerprint density at radius 2 is 1.79 bits per heavy atom. The average molecular weight is 539 g/mol. The molecule has 1 N–H and O–H groups in total. The van der Waals surface area contributed by atoms with Gasteiger partial charge in [-0.3, -0.25) is 19.5 Å². The van der Waals surface area contributed by atoms with Crippen LogP contribution in [0.2, 0.25) is 0 Å². The Labute approximate surface area is 200 Å². The lowest BCUT2D eigenvalue weighted by Crippen LogP contribution is -2.23. The number of amides is 1. The van der Waals surface area contributed by atoms with Crippen molar-refractivity contribution in [3.05, 3.63) is 86.0 Å². The first kappa shape index (κ1) is 25.0. The molecule has 0 aliphatic heterocycles. The van der Waals surface area contributed by atoms with Gasteiger partial charge in [-0.25, -0.2) is 18.0 Å². The van der Waals surface area contributed by atoms with E-state index in [1.807, 2.05) is 0 Å². The van der Waals surface area contributed by atoms with E-state index < -0.39 is 35.7 Å². The van der Waals surface area contributed by atoms with E-state index in [2.05, 4.69) is 21.2 Å². The molecule has 0 atom stereocenters. The van der Waals surface area contributed by atoms with Crippen molar-refractivity contribution in [1.29, 1.82) is 0 Å². The maximum Gasteiger partial charge on any atom is 0.412 e. The zero-order valence-corrected chi connectivity index (χ0v) is 19.5. The van der Waals surface area contributed by atoms with Crippen molar-refractivity contribution in [2.75, 3.05) is 11.9 Å². The number of aryl methyl sites for hydroxylation is 1. The van der Waals surface area contributed by atoms with E-state index in [0.29, 0.717) is 0 Å². The number of anilines is 1. The molecule has 0 aliphatic rings. The molecule has 11 heteroatoms. The monoisotopic (exact) mass is 538 g/mol. The van der Waals surface area contributed by atoms with Crippen LogP contribution in [-0.4, -0.2) is 23.1 Å². The molecule has 34 heavy (non-hydrogen) atoms. The molecule has 1 amide bonds. The third-order valence-electron chi connectivity index (χ3n) is 4.54. The van der Waals surface area contributed by atoms with Gasteiger partial charge in [0.1, 0.15) is 34.3 Å². The van der Waals surface area contributed by atoms with Crippen molar-refractivity contribution in [1.82, 2.24) is 4.57 Å². The Hall–Kier alpha value is -3.60. The molecule has 178 valence electrons. The van der Waals surface area contributed by atoms with E-state index >= 15 is 0 Å². The average Bonchev–Trinajstić information content (AvgIpc) is 2.77. The number of carbonyl (C=O) groups is 2. The molecule has 0 unspecified atom stereocenters. The highest BCUT2D eigenvalue weighted by Crippen LogP contribution is 2.27. The first-order valence-electron chi connectivity index (χ1n) is 9.79. The number of benzene rings is 2. The summed E-state index contributed by atoms with van der Waals surface area (Å²) in [6, 6.07) is 8.00. The minimum Gasteiger partial charge on any atom is -0.487 e. The highest BCUT2D eigenvalue weighted by Gasteiger charge is 2.18. The number of Topliss-reactive ketones (excluding diaryl/α,β-unsaturated/α-hetero) is 1. The molecule has 1 heterocycles.